The van der Waals surface area contributed by atoms with Gasteiger partial charge < -0.3 is 10.2 Å². The molecule has 0 saturated carbocycles. The highest BCUT2D eigenvalue weighted by Crippen LogP contribution is 2.38. The van der Waals surface area contributed by atoms with Crippen molar-refractivity contribution in [3.63, 3.8) is 0 Å². The van der Waals surface area contributed by atoms with E-state index in [2.05, 4.69) is 26.2 Å². The quantitative estimate of drug-likeness (QED) is 0.575. The van der Waals surface area contributed by atoms with Crippen molar-refractivity contribution in [2.75, 3.05) is 0 Å². The van der Waals surface area contributed by atoms with Gasteiger partial charge in [-0.1, -0.05) is 45.8 Å². The van der Waals surface area contributed by atoms with Gasteiger partial charge in [0.05, 0.1) is 0 Å². The summed E-state index contributed by atoms with van der Waals surface area (Å²) in [6.45, 7) is 2.01. The van der Waals surface area contributed by atoms with E-state index in [1.807, 2.05) is 31.2 Å². The maximum absolute atomic E-state index is 10.1. The number of aryl methyl sites for hydroxylation is 1. The van der Waals surface area contributed by atoms with Crippen molar-refractivity contribution in [1.29, 1.82) is 0 Å². The second kappa shape index (κ2) is 5.77. The first-order valence-corrected chi connectivity index (χ1v) is 7.46. The Hall–Kier alpha value is -2.40. The molecule has 3 aromatic carbocycles. The normalized spacial score (nSPS) is 11.4. The van der Waals surface area contributed by atoms with Gasteiger partial charge in [0.2, 0.25) is 0 Å². The monoisotopic (exact) mass is 356 g/mol. The van der Waals surface area contributed by atoms with Gasteiger partial charge in [0.1, 0.15) is 22.9 Å². The van der Waals surface area contributed by atoms with Crippen molar-refractivity contribution in [2.45, 2.75) is 6.92 Å². The number of hydrogen-bond acceptors (Lipinski definition) is 4. The first-order valence-electron chi connectivity index (χ1n) is 6.67. The number of fused-ring (bicyclic) bond motifs is 1. The Bertz CT molecular complexity index is 891. The van der Waals surface area contributed by atoms with Crippen LogP contribution in [0.4, 0.5) is 11.4 Å². The lowest BCUT2D eigenvalue weighted by atomic mass is 10.1. The summed E-state index contributed by atoms with van der Waals surface area (Å²) in [4.78, 5) is 0. The lowest BCUT2D eigenvalue weighted by Crippen LogP contribution is -1.78. The summed E-state index contributed by atoms with van der Waals surface area (Å²) in [6.07, 6.45) is 0. The van der Waals surface area contributed by atoms with E-state index in [0.717, 1.165) is 20.8 Å². The van der Waals surface area contributed by atoms with Crippen LogP contribution in [0, 0.1) is 6.92 Å². The molecular weight excluding hydrogens is 344 g/mol. The van der Waals surface area contributed by atoms with Crippen LogP contribution in [0.5, 0.6) is 11.5 Å². The molecule has 0 aliphatic carbocycles. The van der Waals surface area contributed by atoms with Crippen LogP contribution in [-0.2, 0) is 0 Å². The number of aromatic hydroxyl groups is 2. The van der Waals surface area contributed by atoms with Crippen molar-refractivity contribution in [1.82, 2.24) is 0 Å². The van der Waals surface area contributed by atoms with Gasteiger partial charge in [0.25, 0.3) is 0 Å². The molecule has 0 aliphatic heterocycles. The van der Waals surface area contributed by atoms with Gasteiger partial charge in [-0.2, -0.15) is 0 Å². The van der Waals surface area contributed by atoms with Gasteiger partial charge in [-0.25, -0.2) is 0 Å². The number of halogens is 1. The maximum Gasteiger partial charge on any atom is 0.143 e. The van der Waals surface area contributed by atoms with E-state index >= 15 is 0 Å². The Morgan fingerprint density at radius 3 is 2.45 bits per heavy atom. The van der Waals surface area contributed by atoms with Crippen LogP contribution >= 0.6 is 15.9 Å². The van der Waals surface area contributed by atoms with Crippen molar-refractivity contribution >= 4 is 38.1 Å². The minimum absolute atomic E-state index is 0.0301. The third kappa shape index (κ3) is 2.80. The fourth-order valence-corrected chi connectivity index (χ4v) is 2.56. The molecule has 3 aromatic rings. The summed E-state index contributed by atoms with van der Waals surface area (Å²) in [5, 5.41) is 29.8. The Morgan fingerprint density at radius 2 is 1.64 bits per heavy atom. The molecular formula is C17H13BrN2O2. The summed E-state index contributed by atoms with van der Waals surface area (Å²) in [5.41, 5.74) is 1.85. The predicted octanol–water partition coefficient (Wildman–Crippen LogP) is 5.74. The van der Waals surface area contributed by atoms with Crippen LogP contribution in [-0.4, -0.2) is 10.2 Å². The van der Waals surface area contributed by atoms with Crippen LogP contribution in [0.2, 0.25) is 0 Å². The average Bonchev–Trinajstić information content (AvgIpc) is 2.49. The lowest BCUT2D eigenvalue weighted by molar-refractivity contribution is 0.474. The second-order valence-electron chi connectivity index (χ2n) is 4.99. The minimum atomic E-state index is 0.0301. The molecule has 4 nitrogen and oxygen atoms in total. The van der Waals surface area contributed by atoms with Crippen LogP contribution in [0.1, 0.15) is 5.56 Å². The van der Waals surface area contributed by atoms with Crippen molar-refractivity contribution < 1.29 is 10.2 Å². The molecule has 0 aromatic heterocycles. The molecule has 0 unspecified atom stereocenters. The number of phenols is 2. The maximum atomic E-state index is 10.1. The van der Waals surface area contributed by atoms with E-state index in [4.69, 9.17) is 0 Å². The van der Waals surface area contributed by atoms with E-state index < -0.39 is 0 Å². The van der Waals surface area contributed by atoms with Gasteiger partial charge in [-0.15, -0.1) is 10.2 Å². The van der Waals surface area contributed by atoms with Crippen LogP contribution < -0.4 is 0 Å². The number of phenolic OH excluding ortho intramolecular Hbond substituents is 2. The Balaban J connectivity index is 2.12. The largest absolute Gasteiger partial charge is 0.506 e. The van der Waals surface area contributed by atoms with Crippen molar-refractivity contribution in [3.8, 4) is 11.5 Å². The zero-order valence-electron chi connectivity index (χ0n) is 11.8. The molecule has 2 N–H and O–H groups in total. The van der Waals surface area contributed by atoms with Crippen LogP contribution in [0.25, 0.3) is 10.8 Å². The molecule has 0 spiro atoms. The SMILES string of the molecule is Cc1ccc2c(N=Nc3cc(Br)ccc3O)c(O)ccc2c1. The molecule has 0 saturated heterocycles. The van der Waals surface area contributed by atoms with Gasteiger partial charge in [-0.05, 0) is 36.6 Å². The van der Waals surface area contributed by atoms with Crippen molar-refractivity contribution in [2.24, 2.45) is 10.2 Å². The molecule has 0 heterocycles. The molecule has 0 bridgehead atoms. The molecule has 0 amide bonds. The van der Waals surface area contributed by atoms with Gasteiger partial charge in [0.15, 0.2) is 0 Å². The Kier molecular flexibility index (Phi) is 3.81. The molecule has 0 atom stereocenters. The van der Waals surface area contributed by atoms with Crippen molar-refractivity contribution in [3.05, 3.63) is 58.6 Å². The van der Waals surface area contributed by atoms with E-state index in [9.17, 15) is 10.2 Å². The highest BCUT2D eigenvalue weighted by atomic mass is 79.9. The number of hydrogen-bond donors (Lipinski definition) is 2. The number of benzene rings is 3. The number of nitrogens with zero attached hydrogens (tertiary/aromatic N) is 2. The van der Waals surface area contributed by atoms with E-state index in [1.165, 1.54) is 6.07 Å². The Morgan fingerprint density at radius 1 is 0.864 bits per heavy atom. The molecule has 3 rings (SSSR count). The predicted molar refractivity (Wildman–Crippen MR) is 90.3 cm³/mol. The standard InChI is InChI=1S/C17H13BrN2O2/c1-10-2-5-13-11(8-10)3-6-16(22)17(13)20-19-14-9-12(18)4-7-15(14)21/h2-9,21-22H,1H3. The summed E-state index contributed by atoms with van der Waals surface area (Å²) < 4.78 is 0.789. The summed E-state index contributed by atoms with van der Waals surface area (Å²) >= 11 is 3.32. The summed E-state index contributed by atoms with van der Waals surface area (Å²) in [7, 11) is 0. The minimum Gasteiger partial charge on any atom is -0.506 e. The highest BCUT2D eigenvalue weighted by molar-refractivity contribution is 9.10. The summed E-state index contributed by atoms with van der Waals surface area (Å²) in [5.74, 6) is 0.0807. The molecule has 110 valence electrons. The zero-order valence-corrected chi connectivity index (χ0v) is 13.4. The first-order chi connectivity index (χ1) is 10.5. The molecule has 5 heteroatoms. The fraction of sp³-hybridized carbons (Fsp3) is 0.0588. The molecule has 0 fully saturated rings. The molecule has 0 aliphatic rings. The zero-order chi connectivity index (χ0) is 15.7. The highest BCUT2D eigenvalue weighted by Gasteiger charge is 2.07. The Labute approximate surface area is 135 Å². The first kappa shape index (κ1) is 14.5. The fourth-order valence-electron chi connectivity index (χ4n) is 2.21. The number of azo groups is 1. The molecule has 22 heavy (non-hydrogen) atoms. The van der Waals surface area contributed by atoms with E-state index in [1.54, 1.807) is 18.2 Å². The smallest absolute Gasteiger partial charge is 0.143 e. The van der Waals surface area contributed by atoms with Crippen LogP contribution in [0.3, 0.4) is 0 Å². The van der Waals surface area contributed by atoms with E-state index in [0.29, 0.717) is 11.4 Å². The molecule has 0 radical (unpaired) electrons. The third-order valence-electron chi connectivity index (χ3n) is 3.32. The summed E-state index contributed by atoms with van der Waals surface area (Å²) in [6, 6.07) is 14.2. The average molecular weight is 357 g/mol. The van der Waals surface area contributed by atoms with Crippen LogP contribution in [0.15, 0.2) is 63.2 Å². The number of rotatable bonds is 2. The third-order valence-corrected chi connectivity index (χ3v) is 3.81. The second-order valence-corrected chi connectivity index (χ2v) is 5.91. The van der Waals surface area contributed by atoms with Gasteiger partial charge >= 0.3 is 0 Å². The van der Waals surface area contributed by atoms with E-state index in [-0.39, 0.29) is 11.5 Å². The lowest BCUT2D eigenvalue weighted by Gasteiger charge is -2.05. The topological polar surface area (TPSA) is 65.2 Å². The van der Waals surface area contributed by atoms with Gasteiger partial charge in [-0.3, -0.25) is 0 Å². The van der Waals surface area contributed by atoms with Gasteiger partial charge in [0, 0.05) is 9.86 Å².